The summed E-state index contributed by atoms with van der Waals surface area (Å²) in [6.45, 7) is 0. The number of aromatic nitrogens is 5. The Balaban J connectivity index is 0.000000165. The van der Waals surface area contributed by atoms with E-state index < -0.39 is 0 Å². The van der Waals surface area contributed by atoms with Crippen LogP contribution in [-0.2, 0) is 27.2 Å². The van der Waals surface area contributed by atoms with Crippen molar-refractivity contribution in [2.24, 2.45) is 7.05 Å². The van der Waals surface area contributed by atoms with Crippen molar-refractivity contribution in [2.45, 2.75) is 0 Å². The van der Waals surface area contributed by atoms with Gasteiger partial charge in [-0.05, 0) is 24.2 Å². The van der Waals surface area contributed by atoms with E-state index in [9.17, 15) is 0 Å². The summed E-state index contributed by atoms with van der Waals surface area (Å²) in [4.78, 5) is 8.38. The molecule has 0 amide bonds. The van der Waals surface area contributed by atoms with Gasteiger partial charge in [0.2, 0.25) is 0 Å². The minimum Gasteiger partial charge on any atom is -0.662 e. The van der Waals surface area contributed by atoms with Crippen LogP contribution in [0.15, 0.2) is 90.5 Å². The second-order valence-corrected chi connectivity index (χ2v) is 5.89. The second kappa shape index (κ2) is 9.17. The quantitative estimate of drug-likeness (QED) is 0.321. The second-order valence-electron chi connectivity index (χ2n) is 5.89. The molecule has 1 aromatic carbocycles. The van der Waals surface area contributed by atoms with E-state index in [1.807, 2.05) is 66.7 Å². The molecule has 5 rings (SSSR count). The van der Waals surface area contributed by atoms with Gasteiger partial charge in [0.05, 0.1) is 5.69 Å². The van der Waals surface area contributed by atoms with Crippen LogP contribution in [0.25, 0.3) is 28.2 Å². The maximum atomic E-state index is 4.93. The predicted molar refractivity (Wildman–Crippen MR) is 102 cm³/mol. The molecule has 0 aliphatic heterocycles. The van der Waals surface area contributed by atoms with Crippen LogP contribution in [0.4, 0.5) is 0 Å². The topological polar surface area (TPSA) is 62.9 Å². The number of hydrogen-bond acceptors (Lipinski definition) is 3. The molecule has 0 aliphatic carbocycles. The third-order valence-corrected chi connectivity index (χ3v) is 3.93. The standard InChI is InChI=1S/C13H9N2O.C8H8N3.Ir/c1-2-4-10(5-3-1)11-6-12(14-7-11)13-8-16-9-15-13;1-10-6-3-8(7-10)11-5-2-4-9-11;/h1-9H;2,4-7H,1H3;/q2*-1;. The van der Waals surface area contributed by atoms with Gasteiger partial charge in [-0.3, -0.25) is 4.68 Å². The molecule has 143 valence electrons. The van der Waals surface area contributed by atoms with Crippen molar-refractivity contribution >= 4 is 0 Å². The van der Waals surface area contributed by atoms with Crippen molar-refractivity contribution in [2.75, 3.05) is 0 Å². The molecule has 0 bridgehead atoms. The van der Waals surface area contributed by atoms with E-state index in [0.29, 0.717) is 0 Å². The first-order valence-electron chi connectivity index (χ1n) is 8.40. The zero-order chi connectivity index (χ0) is 18.5. The van der Waals surface area contributed by atoms with E-state index in [4.69, 9.17) is 4.42 Å². The van der Waals surface area contributed by atoms with Gasteiger partial charge >= 0.3 is 0 Å². The van der Waals surface area contributed by atoms with Crippen LogP contribution in [0, 0.1) is 6.07 Å². The smallest absolute Gasteiger partial charge is 0.180 e. The zero-order valence-corrected chi connectivity index (χ0v) is 17.5. The van der Waals surface area contributed by atoms with Crippen molar-refractivity contribution in [3.05, 3.63) is 92.2 Å². The molecule has 28 heavy (non-hydrogen) atoms. The van der Waals surface area contributed by atoms with Crippen LogP contribution >= 0.6 is 0 Å². The Labute approximate surface area is 176 Å². The number of oxazole rings is 1. The Kier molecular flexibility index (Phi) is 6.42. The predicted octanol–water partition coefficient (Wildman–Crippen LogP) is 3.97. The van der Waals surface area contributed by atoms with Crippen molar-refractivity contribution in [3.8, 4) is 28.2 Å². The first-order valence-corrected chi connectivity index (χ1v) is 8.40. The summed E-state index contributed by atoms with van der Waals surface area (Å²) < 4.78 is 8.65. The molecule has 0 fully saturated rings. The van der Waals surface area contributed by atoms with Gasteiger partial charge in [-0.2, -0.15) is 11.3 Å². The normalized spacial score (nSPS) is 10.0. The summed E-state index contributed by atoms with van der Waals surface area (Å²) in [5.41, 5.74) is 4.83. The first-order chi connectivity index (χ1) is 13.3. The van der Waals surface area contributed by atoms with Crippen LogP contribution in [0.1, 0.15) is 0 Å². The Hall–Kier alpha value is -3.15. The molecule has 0 saturated heterocycles. The van der Waals surface area contributed by atoms with Gasteiger partial charge in [-0.1, -0.05) is 42.1 Å². The van der Waals surface area contributed by atoms with Crippen LogP contribution < -0.4 is 4.98 Å². The first kappa shape index (κ1) is 19.6. The summed E-state index contributed by atoms with van der Waals surface area (Å²) in [6.07, 6.45) is 12.3. The Morgan fingerprint density at radius 1 is 1.11 bits per heavy atom. The molecule has 0 aliphatic rings. The Morgan fingerprint density at radius 3 is 2.61 bits per heavy atom. The molecule has 4 heterocycles. The molecule has 4 aromatic heterocycles. The van der Waals surface area contributed by atoms with Gasteiger partial charge in [-0.25, -0.2) is 11.1 Å². The number of rotatable bonds is 3. The molecule has 1 radical (unpaired) electrons. The number of hydrogen-bond donors (Lipinski definition) is 0. The van der Waals surface area contributed by atoms with Gasteiger partial charge in [-0.15, -0.1) is 18.1 Å². The maximum absolute atomic E-state index is 4.93. The van der Waals surface area contributed by atoms with Gasteiger partial charge in [0.15, 0.2) is 6.39 Å². The molecule has 0 atom stereocenters. The molecular weight excluding hydrogens is 530 g/mol. The molecule has 0 unspecified atom stereocenters. The SMILES string of the molecule is Cn1c[c-]c(-n2cccn2)c1.[Ir].c1ccc(-c2c[n-]c(-c3cocn3)c2)cc1. The van der Waals surface area contributed by atoms with Crippen LogP contribution in [-0.4, -0.2) is 19.3 Å². The number of nitrogens with zero attached hydrogens (tertiary/aromatic N) is 5. The third kappa shape index (κ3) is 4.57. The van der Waals surface area contributed by atoms with Gasteiger partial charge < -0.3 is 14.0 Å². The summed E-state index contributed by atoms with van der Waals surface area (Å²) in [5.74, 6) is 0. The molecule has 6 nitrogen and oxygen atoms in total. The van der Waals surface area contributed by atoms with Crippen molar-refractivity contribution < 1.29 is 24.5 Å². The van der Waals surface area contributed by atoms with Crippen LogP contribution in [0.3, 0.4) is 0 Å². The fraction of sp³-hybridized carbons (Fsp3) is 0.0476. The van der Waals surface area contributed by atoms with E-state index in [2.05, 4.69) is 33.3 Å². The van der Waals surface area contributed by atoms with E-state index in [-0.39, 0.29) is 20.1 Å². The van der Waals surface area contributed by atoms with Gasteiger partial charge in [0, 0.05) is 32.5 Å². The van der Waals surface area contributed by atoms with Crippen LogP contribution in [0.5, 0.6) is 0 Å². The van der Waals surface area contributed by atoms with E-state index in [1.54, 1.807) is 17.1 Å². The average molecular weight is 548 g/mol. The third-order valence-electron chi connectivity index (χ3n) is 3.93. The van der Waals surface area contributed by atoms with Gasteiger partial charge in [0.25, 0.3) is 0 Å². The molecule has 0 spiro atoms. The Bertz CT molecular complexity index is 1080. The van der Waals surface area contributed by atoms with Crippen LogP contribution in [0.2, 0.25) is 0 Å². The van der Waals surface area contributed by atoms with Crippen molar-refractivity contribution in [3.63, 3.8) is 0 Å². The summed E-state index contributed by atoms with van der Waals surface area (Å²) >= 11 is 0. The van der Waals surface area contributed by atoms with E-state index in [1.165, 1.54) is 6.39 Å². The molecule has 0 N–H and O–H groups in total. The molecule has 7 heteroatoms. The molecular formula is C21H17IrN5O-2. The van der Waals surface area contributed by atoms with Crippen molar-refractivity contribution in [1.82, 2.24) is 24.3 Å². The van der Waals surface area contributed by atoms with E-state index in [0.717, 1.165) is 28.2 Å². The maximum Gasteiger partial charge on any atom is 0.180 e. The van der Waals surface area contributed by atoms with Gasteiger partial charge in [0.1, 0.15) is 6.26 Å². The largest absolute Gasteiger partial charge is 0.662 e. The fourth-order valence-electron chi connectivity index (χ4n) is 2.60. The number of aryl methyl sites for hydroxylation is 1. The fourth-order valence-corrected chi connectivity index (χ4v) is 2.60. The summed E-state index contributed by atoms with van der Waals surface area (Å²) in [7, 11) is 1.96. The molecule has 0 saturated carbocycles. The minimum atomic E-state index is 0. The zero-order valence-electron chi connectivity index (χ0n) is 15.1. The number of benzene rings is 1. The average Bonchev–Trinajstić information content (AvgIpc) is 3.50. The summed E-state index contributed by atoms with van der Waals surface area (Å²) in [6, 6.07) is 17.1. The van der Waals surface area contributed by atoms with E-state index >= 15 is 0 Å². The summed E-state index contributed by atoms with van der Waals surface area (Å²) in [5, 5.41) is 4.07. The minimum absolute atomic E-state index is 0. The monoisotopic (exact) mass is 548 g/mol. The molecule has 5 aromatic rings. The Morgan fingerprint density at radius 2 is 1.96 bits per heavy atom. The van der Waals surface area contributed by atoms with Crippen molar-refractivity contribution in [1.29, 1.82) is 0 Å².